The second-order valence-corrected chi connectivity index (χ2v) is 6.15. The van der Waals surface area contributed by atoms with Crippen LogP contribution in [0.3, 0.4) is 0 Å². The molecule has 124 valence electrons. The van der Waals surface area contributed by atoms with E-state index < -0.39 is 0 Å². The zero-order valence-electron chi connectivity index (χ0n) is 14.0. The van der Waals surface area contributed by atoms with Gasteiger partial charge in [0.15, 0.2) is 6.23 Å². The lowest BCUT2D eigenvalue weighted by Crippen LogP contribution is -2.49. The third kappa shape index (κ3) is 2.12. The molecule has 2 aliphatic rings. The average Bonchev–Trinajstić information content (AvgIpc) is 2.90. The number of esters is 1. The summed E-state index contributed by atoms with van der Waals surface area (Å²) in [4.78, 5) is 14.4. The van der Waals surface area contributed by atoms with Gasteiger partial charge in [0.2, 0.25) is 0 Å². The van der Waals surface area contributed by atoms with E-state index in [0.717, 1.165) is 16.8 Å². The summed E-state index contributed by atoms with van der Waals surface area (Å²) in [5, 5.41) is 5.81. The number of fused-ring (bicyclic) bond motifs is 3. The molecule has 0 radical (unpaired) electrons. The van der Waals surface area contributed by atoms with Crippen molar-refractivity contribution < 1.29 is 14.3 Å². The maximum Gasteiger partial charge on any atom is 0.339 e. The summed E-state index contributed by atoms with van der Waals surface area (Å²) in [5.74, 6) is 0.313. The van der Waals surface area contributed by atoms with E-state index in [-0.39, 0.29) is 18.2 Å². The van der Waals surface area contributed by atoms with Crippen LogP contribution in [-0.4, -0.2) is 31.9 Å². The number of nitrogens with one attached hydrogen (secondary N) is 1. The van der Waals surface area contributed by atoms with E-state index >= 15 is 0 Å². The van der Waals surface area contributed by atoms with Gasteiger partial charge in [-0.2, -0.15) is 0 Å². The Balaban J connectivity index is 1.77. The van der Waals surface area contributed by atoms with E-state index in [2.05, 4.69) is 34.5 Å². The molecule has 2 aliphatic heterocycles. The van der Waals surface area contributed by atoms with E-state index in [4.69, 9.17) is 9.47 Å². The van der Waals surface area contributed by atoms with Gasteiger partial charge in [-0.15, -0.1) is 0 Å². The Labute approximate surface area is 140 Å². The molecule has 5 nitrogen and oxygen atoms in total. The Hall–Kier alpha value is -2.69. The zero-order valence-corrected chi connectivity index (χ0v) is 14.0. The lowest BCUT2D eigenvalue weighted by molar-refractivity contribution is -0.138. The minimum absolute atomic E-state index is 0.234. The molecule has 0 fully saturated rings. The van der Waals surface area contributed by atoms with Crippen molar-refractivity contribution in [2.45, 2.75) is 26.1 Å². The quantitative estimate of drug-likeness (QED) is 0.859. The highest BCUT2D eigenvalue weighted by molar-refractivity contribution is 5.96. The van der Waals surface area contributed by atoms with Gasteiger partial charge in [-0.3, -0.25) is 0 Å². The van der Waals surface area contributed by atoms with E-state index in [1.165, 1.54) is 5.39 Å². The lowest BCUT2D eigenvalue weighted by atomic mass is 10.00. The van der Waals surface area contributed by atoms with Crippen molar-refractivity contribution in [3.05, 3.63) is 47.7 Å². The van der Waals surface area contributed by atoms with Crippen molar-refractivity contribution in [2.24, 2.45) is 0 Å². The molecule has 2 aromatic rings. The standard InChI is InChI=1S/C19H20N2O3/c1-4-23-19(22)16-11(2)24-18-17(16)20-14-9-12-7-5-6-8-13(12)10-15(14)21(18)3/h5-10,17-18,20H,4H2,1-3H3. The molecule has 2 heterocycles. The van der Waals surface area contributed by atoms with Crippen molar-refractivity contribution in [1.29, 1.82) is 0 Å². The largest absolute Gasteiger partial charge is 0.472 e. The topological polar surface area (TPSA) is 50.8 Å². The second kappa shape index (κ2) is 5.44. The fourth-order valence-electron chi connectivity index (χ4n) is 3.54. The number of anilines is 2. The smallest absolute Gasteiger partial charge is 0.339 e. The SMILES string of the molecule is CCOC(=O)C1=C(C)OC2C1Nc1cc3ccccc3cc1N2C. The lowest BCUT2D eigenvalue weighted by Gasteiger charge is -2.38. The Bertz CT molecular complexity index is 859. The van der Waals surface area contributed by atoms with Crippen LogP contribution in [0.25, 0.3) is 10.8 Å². The molecule has 5 heteroatoms. The van der Waals surface area contributed by atoms with E-state index in [9.17, 15) is 4.79 Å². The first-order valence-electron chi connectivity index (χ1n) is 8.17. The average molecular weight is 324 g/mol. The summed E-state index contributed by atoms with van der Waals surface area (Å²) in [5.41, 5.74) is 2.64. The molecule has 0 spiro atoms. The maximum atomic E-state index is 12.3. The number of likely N-dealkylation sites (N-methyl/N-ethyl adjacent to an activating group) is 1. The molecular formula is C19H20N2O3. The van der Waals surface area contributed by atoms with Gasteiger partial charge in [0.1, 0.15) is 17.4 Å². The van der Waals surface area contributed by atoms with Gasteiger partial charge >= 0.3 is 5.97 Å². The van der Waals surface area contributed by atoms with Crippen molar-refractivity contribution >= 4 is 28.1 Å². The van der Waals surface area contributed by atoms with Gasteiger partial charge < -0.3 is 19.7 Å². The van der Waals surface area contributed by atoms with Crippen LogP contribution in [0.15, 0.2) is 47.7 Å². The number of allylic oxidation sites excluding steroid dienone is 1. The predicted molar refractivity (Wildman–Crippen MR) is 94.0 cm³/mol. The molecule has 24 heavy (non-hydrogen) atoms. The van der Waals surface area contributed by atoms with Crippen molar-refractivity contribution in [2.75, 3.05) is 23.9 Å². The molecule has 4 rings (SSSR count). The van der Waals surface area contributed by atoms with Crippen molar-refractivity contribution in [3.63, 3.8) is 0 Å². The Kier molecular flexibility index (Phi) is 3.37. The third-order valence-corrected chi connectivity index (χ3v) is 4.71. The Morgan fingerprint density at radius 1 is 1.29 bits per heavy atom. The molecule has 0 saturated carbocycles. The van der Waals surface area contributed by atoms with Crippen LogP contribution in [0.5, 0.6) is 0 Å². The van der Waals surface area contributed by atoms with Crippen LogP contribution in [0.4, 0.5) is 11.4 Å². The van der Waals surface area contributed by atoms with Gasteiger partial charge in [-0.25, -0.2) is 4.79 Å². The summed E-state index contributed by atoms with van der Waals surface area (Å²) in [6.07, 6.45) is -0.252. The maximum absolute atomic E-state index is 12.3. The Morgan fingerprint density at radius 2 is 2.00 bits per heavy atom. The number of nitrogens with zero attached hydrogens (tertiary/aromatic N) is 1. The highest BCUT2D eigenvalue weighted by atomic mass is 16.5. The van der Waals surface area contributed by atoms with E-state index in [1.807, 2.05) is 33.0 Å². The number of hydrogen-bond acceptors (Lipinski definition) is 5. The minimum atomic E-state index is -0.312. The molecule has 2 aromatic carbocycles. The number of benzene rings is 2. The molecule has 0 saturated heterocycles. The number of carbonyl (C=O) groups excluding carboxylic acids is 1. The minimum Gasteiger partial charge on any atom is -0.472 e. The summed E-state index contributed by atoms with van der Waals surface area (Å²) in [6, 6.07) is 12.3. The van der Waals surface area contributed by atoms with Crippen LogP contribution in [-0.2, 0) is 14.3 Å². The molecule has 1 N–H and O–H groups in total. The molecular weight excluding hydrogens is 304 g/mol. The third-order valence-electron chi connectivity index (χ3n) is 4.71. The van der Waals surface area contributed by atoms with Gasteiger partial charge in [0.05, 0.1) is 18.0 Å². The predicted octanol–water partition coefficient (Wildman–Crippen LogP) is 3.26. The molecule has 0 amide bonds. The van der Waals surface area contributed by atoms with Crippen LogP contribution in [0.1, 0.15) is 13.8 Å². The molecule has 0 aliphatic carbocycles. The fraction of sp³-hybridized carbons (Fsp3) is 0.316. The molecule has 2 unspecified atom stereocenters. The normalized spacial score (nSPS) is 21.9. The van der Waals surface area contributed by atoms with Crippen LogP contribution >= 0.6 is 0 Å². The number of carbonyl (C=O) groups is 1. The summed E-state index contributed by atoms with van der Waals surface area (Å²) >= 11 is 0. The first-order chi connectivity index (χ1) is 11.6. The number of rotatable bonds is 2. The zero-order chi connectivity index (χ0) is 16.8. The van der Waals surface area contributed by atoms with Gasteiger partial charge in [-0.1, -0.05) is 24.3 Å². The van der Waals surface area contributed by atoms with Gasteiger partial charge in [0.25, 0.3) is 0 Å². The molecule has 0 bridgehead atoms. The van der Waals surface area contributed by atoms with E-state index in [1.54, 1.807) is 0 Å². The van der Waals surface area contributed by atoms with Gasteiger partial charge in [0, 0.05) is 7.05 Å². The summed E-state index contributed by atoms with van der Waals surface area (Å²) in [7, 11) is 1.99. The second-order valence-electron chi connectivity index (χ2n) is 6.15. The number of hydrogen-bond donors (Lipinski definition) is 1. The summed E-state index contributed by atoms with van der Waals surface area (Å²) < 4.78 is 11.2. The first-order valence-corrected chi connectivity index (χ1v) is 8.17. The monoisotopic (exact) mass is 324 g/mol. The van der Waals surface area contributed by atoms with Gasteiger partial charge in [-0.05, 0) is 36.8 Å². The van der Waals surface area contributed by atoms with Crippen molar-refractivity contribution in [1.82, 2.24) is 0 Å². The molecule has 0 aromatic heterocycles. The number of ether oxygens (including phenoxy) is 2. The Morgan fingerprint density at radius 3 is 2.71 bits per heavy atom. The first kappa shape index (κ1) is 14.9. The summed E-state index contributed by atoms with van der Waals surface area (Å²) in [6.45, 7) is 3.98. The fourth-order valence-corrected chi connectivity index (χ4v) is 3.54. The van der Waals surface area contributed by atoms with E-state index in [0.29, 0.717) is 17.9 Å². The molecule has 2 atom stereocenters. The van der Waals surface area contributed by atoms with Crippen molar-refractivity contribution in [3.8, 4) is 0 Å². The highest BCUT2D eigenvalue weighted by Crippen LogP contribution is 2.42. The van der Waals surface area contributed by atoms with Crippen LogP contribution in [0.2, 0.25) is 0 Å². The highest BCUT2D eigenvalue weighted by Gasteiger charge is 2.45. The van der Waals surface area contributed by atoms with Crippen LogP contribution in [0, 0.1) is 0 Å². The van der Waals surface area contributed by atoms with Crippen LogP contribution < -0.4 is 10.2 Å².